The van der Waals surface area contributed by atoms with Gasteiger partial charge in [0, 0.05) is 39.0 Å². The zero-order chi connectivity index (χ0) is 24.2. The number of benzene rings is 2. The third-order valence-corrected chi connectivity index (χ3v) is 5.63. The van der Waals surface area contributed by atoms with Gasteiger partial charge in [-0.2, -0.15) is 5.26 Å². The van der Waals surface area contributed by atoms with E-state index in [9.17, 15) is 10.1 Å². The van der Waals surface area contributed by atoms with E-state index in [-0.39, 0.29) is 18.8 Å². The summed E-state index contributed by atoms with van der Waals surface area (Å²) in [7, 11) is 3.76. The van der Waals surface area contributed by atoms with Crippen LogP contribution in [0.15, 0.2) is 42.0 Å². The minimum atomic E-state index is -0.659. The Bertz CT molecular complexity index is 1010. The Hall–Kier alpha value is -2.96. The second-order valence-corrected chi connectivity index (χ2v) is 8.10. The van der Waals surface area contributed by atoms with Crippen LogP contribution in [0.3, 0.4) is 0 Å². The largest absolute Gasteiger partial charge is 0.459 e. The first-order valence-corrected chi connectivity index (χ1v) is 11.5. The molecule has 0 unspecified atom stereocenters. The highest BCUT2D eigenvalue weighted by Crippen LogP contribution is 2.25. The summed E-state index contributed by atoms with van der Waals surface area (Å²) in [5, 5.41) is 11.6. The molecule has 1 aliphatic heterocycles. The van der Waals surface area contributed by atoms with Crippen molar-refractivity contribution in [3.05, 3.63) is 47.5 Å². The molecule has 1 heterocycles. The number of fused-ring (bicyclic) bond motifs is 1. The van der Waals surface area contributed by atoms with Gasteiger partial charge in [0.25, 0.3) is 0 Å². The van der Waals surface area contributed by atoms with Crippen LogP contribution in [-0.4, -0.2) is 90.8 Å². The average Bonchev–Trinajstić information content (AvgIpc) is 2.86. The van der Waals surface area contributed by atoms with Crippen molar-refractivity contribution in [1.82, 2.24) is 4.90 Å². The van der Waals surface area contributed by atoms with Gasteiger partial charge in [-0.05, 0) is 47.7 Å². The van der Waals surface area contributed by atoms with Crippen molar-refractivity contribution < 1.29 is 23.7 Å². The van der Waals surface area contributed by atoms with Gasteiger partial charge in [-0.25, -0.2) is 4.79 Å². The molecule has 0 atom stereocenters. The van der Waals surface area contributed by atoms with Crippen LogP contribution >= 0.6 is 0 Å². The summed E-state index contributed by atoms with van der Waals surface area (Å²) in [4.78, 5) is 17.0. The molecule has 34 heavy (non-hydrogen) atoms. The number of likely N-dealkylation sites (N-methyl/N-ethyl adjacent to an activating group) is 1. The smallest absolute Gasteiger partial charge is 0.348 e. The molecule has 0 bridgehead atoms. The lowest BCUT2D eigenvalue weighted by molar-refractivity contribution is -0.140. The van der Waals surface area contributed by atoms with Gasteiger partial charge >= 0.3 is 5.97 Å². The predicted octanol–water partition coefficient (Wildman–Crippen LogP) is 2.72. The number of nitrogens with zero attached hydrogens (tertiary/aromatic N) is 3. The second-order valence-electron chi connectivity index (χ2n) is 8.10. The van der Waals surface area contributed by atoms with Gasteiger partial charge < -0.3 is 28.7 Å². The number of hydrogen-bond donors (Lipinski definition) is 0. The molecule has 0 aromatic heterocycles. The van der Waals surface area contributed by atoms with Crippen molar-refractivity contribution in [1.29, 1.82) is 5.26 Å². The van der Waals surface area contributed by atoms with Gasteiger partial charge in [0.2, 0.25) is 0 Å². The molecule has 0 N–H and O–H groups in total. The minimum absolute atomic E-state index is 0.0451. The highest BCUT2D eigenvalue weighted by atomic mass is 16.6. The molecule has 0 spiro atoms. The van der Waals surface area contributed by atoms with Crippen molar-refractivity contribution in [3.63, 3.8) is 0 Å². The van der Waals surface area contributed by atoms with E-state index in [1.54, 1.807) is 13.2 Å². The number of carbonyl (C=O) groups is 1. The first-order valence-electron chi connectivity index (χ1n) is 11.5. The number of methoxy groups -OCH3 is 1. The van der Waals surface area contributed by atoms with E-state index in [1.807, 2.05) is 24.3 Å². The van der Waals surface area contributed by atoms with E-state index in [4.69, 9.17) is 18.9 Å². The summed E-state index contributed by atoms with van der Waals surface area (Å²) in [5.74, 6) is -0.659. The zero-order valence-corrected chi connectivity index (χ0v) is 20.0. The number of nitriles is 1. The van der Waals surface area contributed by atoms with Crippen LogP contribution in [0, 0.1) is 11.3 Å². The van der Waals surface area contributed by atoms with E-state index in [2.05, 4.69) is 35.0 Å². The number of anilines is 1. The molecule has 0 aliphatic carbocycles. The number of hydrogen-bond acceptors (Lipinski definition) is 8. The molecule has 0 radical (unpaired) electrons. The lowest BCUT2D eigenvalue weighted by Crippen LogP contribution is -2.44. The molecule has 0 saturated carbocycles. The molecular formula is C26H33N3O5. The van der Waals surface area contributed by atoms with E-state index in [1.165, 1.54) is 5.69 Å². The summed E-state index contributed by atoms with van der Waals surface area (Å²) < 4.78 is 20.7. The normalized spacial score (nSPS) is 14.9. The molecule has 182 valence electrons. The van der Waals surface area contributed by atoms with Crippen molar-refractivity contribution >= 4 is 28.5 Å². The maximum absolute atomic E-state index is 12.3. The van der Waals surface area contributed by atoms with Gasteiger partial charge in [-0.1, -0.05) is 18.2 Å². The quantitative estimate of drug-likeness (QED) is 0.204. The maximum atomic E-state index is 12.3. The first-order chi connectivity index (χ1) is 16.6. The summed E-state index contributed by atoms with van der Waals surface area (Å²) in [6, 6.07) is 14.2. The Balaban J connectivity index is 1.51. The zero-order valence-electron chi connectivity index (χ0n) is 20.0. The lowest BCUT2D eigenvalue weighted by Gasteiger charge is -2.34. The van der Waals surface area contributed by atoms with Gasteiger partial charge in [0.05, 0.1) is 33.0 Å². The monoisotopic (exact) mass is 467 g/mol. The fraction of sp³-hybridized carbons (Fsp3) is 0.462. The topological polar surface area (TPSA) is 84.3 Å². The standard InChI is InChI=1S/C26H33N3O5/c1-28-7-9-29(10-8-28)25-6-5-22-17-21(3-4-23(22)19-25)18-24(20-27)26(30)34-16-15-33-14-13-32-12-11-31-2/h3-6,17-19H,7-16H2,1-2H3. The number of rotatable bonds is 12. The second kappa shape index (κ2) is 13.7. The van der Waals surface area contributed by atoms with Crippen LogP contribution in [0.5, 0.6) is 0 Å². The van der Waals surface area contributed by atoms with E-state index in [0.29, 0.717) is 26.4 Å². The van der Waals surface area contributed by atoms with Crippen LogP contribution in [0.2, 0.25) is 0 Å². The first kappa shape index (κ1) is 25.7. The summed E-state index contributed by atoms with van der Waals surface area (Å²) in [6.07, 6.45) is 1.56. The molecule has 8 heteroatoms. The molecule has 2 aromatic carbocycles. The van der Waals surface area contributed by atoms with Crippen LogP contribution in [0.4, 0.5) is 5.69 Å². The lowest BCUT2D eigenvalue weighted by atomic mass is 10.0. The Morgan fingerprint density at radius 3 is 2.29 bits per heavy atom. The fourth-order valence-corrected chi connectivity index (χ4v) is 3.64. The maximum Gasteiger partial charge on any atom is 0.348 e. The predicted molar refractivity (Wildman–Crippen MR) is 132 cm³/mol. The number of ether oxygens (including phenoxy) is 4. The van der Waals surface area contributed by atoms with Crippen molar-refractivity contribution in [2.45, 2.75) is 0 Å². The molecule has 8 nitrogen and oxygen atoms in total. The molecular weight excluding hydrogens is 434 g/mol. The Morgan fingerprint density at radius 2 is 1.59 bits per heavy atom. The van der Waals surface area contributed by atoms with E-state index in [0.717, 1.165) is 42.5 Å². The summed E-state index contributed by atoms with van der Waals surface area (Å²) in [6.45, 7) is 6.36. The number of piperazine rings is 1. The fourth-order valence-electron chi connectivity index (χ4n) is 3.64. The van der Waals surface area contributed by atoms with Crippen molar-refractivity contribution in [2.75, 3.05) is 84.9 Å². The highest BCUT2D eigenvalue weighted by molar-refractivity contribution is 5.98. The Labute approximate surface area is 201 Å². The molecule has 0 amide bonds. The molecule has 2 aromatic rings. The van der Waals surface area contributed by atoms with Crippen LogP contribution in [0.1, 0.15) is 5.56 Å². The Morgan fingerprint density at radius 1 is 0.941 bits per heavy atom. The number of esters is 1. The third kappa shape index (κ3) is 7.82. The summed E-state index contributed by atoms with van der Waals surface area (Å²) in [5.41, 5.74) is 1.95. The van der Waals surface area contributed by atoms with Crippen LogP contribution in [-0.2, 0) is 23.7 Å². The number of carbonyl (C=O) groups excluding carboxylic acids is 1. The molecule has 1 fully saturated rings. The van der Waals surface area contributed by atoms with E-state index >= 15 is 0 Å². The Kier molecular flexibility index (Phi) is 10.3. The third-order valence-electron chi connectivity index (χ3n) is 5.63. The van der Waals surface area contributed by atoms with E-state index < -0.39 is 5.97 Å². The van der Waals surface area contributed by atoms with Gasteiger partial charge in [0.1, 0.15) is 18.2 Å². The van der Waals surface area contributed by atoms with Gasteiger partial charge in [-0.15, -0.1) is 0 Å². The van der Waals surface area contributed by atoms with Crippen molar-refractivity contribution in [3.8, 4) is 6.07 Å². The summed E-state index contributed by atoms with van der Waals surface area (Å²) >= 11 is 0. The van der Waals surface area contributed by atoms with Gasteiger partial charge in [0.15, 0.2) is 0 Å². The van der Waals surface area contributed by atoms with Gasteiger partial charge in [-0.3, -0.25) is 0 Å². The van der Waals surface area contributed by atoms with Crippen LogP contribution in [0.25, 0.3) is 16.8 Å². The highest BCUT2D eigenvalue weighted by Gasteiger charge is 2.15. The van der Waals surface area contributed by atoms with Crippen LogP contribution < -0.4 is 4.90 Å². The average molecular weight is 468 g/mol. The molecule has 1 saturated heterocycles. The SMILES string of the molecule is COCCOCCOCCOC(=O)C(C#N)=Cc1ccc2cc(N3CCN(C)CC3)ccc2c1. The molecule has 1 aliphatic rings. The molecule has 3 rings (SSSR count). The minimum Gasteiger partial charge on any atom is -0.459 e. The van der Waals surface area contributed by atoms with Crippen molar-refractivity contribution in [2.24, 2.45) is 0 Å².